The molecule has 752 valence electrons. The molecule has 0 bridgehead atoms. The Labute approximate surface area is 823 Å². The van der Waals surface area contributed by atoms with Crippen molar-refractivity contribution < 1.29 is 40.7 Å². The van der Waals surface area contributed by atoms with Crippen LogP contribution in [0.2, 0.25) is 0 Å². The monoisotopic (exact) mass is 1890 g/mol. The van der Waals surface area contributed by atoms with E-state index in [1.165, 1.54) is 339 Å². The van der Waals surface area contributed by atoms with Crippen LogP contribution in [0.1, 0.15) is 543 Å². The molecule has 0 aliphatic heterocycles. The summed E-state index contributed by atoms with van der Waals surface area (Å²) >= 11 is 0. The fourth-order valence-corrected chi connectivity index (χ4v) is 22.1. The number of benzene rings is 6. The largest absolute Gasteiger partial charge is 0.463 e. The second-order valence-corrected chi connectivity index (χ2v) is 46.0. The minimum Gasteiger partial charge on any atom is -0.417 e. The van der Waals surface area contributed by atoms with Crippen LogP contribution in [-0.2, 0) is 49.1 Å². The Morgan fingerprint density at radius 1 is 0.233 bits per heavy atom. The van der Waals surface area contributed by atoms with Gasteiger partial charge in [-0.3, -0.25) is 13.6 Å². The molecule has 0 radical (unpaired) electrons. The van der Waals surface area contributed by atoms with Gasteiger partial charge < -0.3 is 27.1 Å². The van der Waals surface area contributed by atoms with Crippen LogP contribution in [0.3, 0.4) is 0 Å². The van der Waals surface area contributed by atoms with Crippen LogP contribution in [0, 0.1) is 20.8 Å². The lowest BCUT2D eigenvalue weighted by atomic mass is 9.74. The van der Waals surface area contributed by atoms with E-state index in [4.69, 9.17) is 40.7 Å². The third kappa shape index (κ3) is 48.3. The molecule has 133 heavy (non-hydrogen) atoms. The predicted octanol–water partition coefficient (Wildman–Crippen LogP) is 41.7. The highest BCUT2D eigenvalue weighted by molar-refractivity contribution is 7.43. The van der Waals surface area contributed by atoms with Gasteiger partial charge in [-0.15, -0.1) is 0 Å². The van der Waals surface area contributed by atoms with Gasteiger partial charge in [-0.25, -0.2) is 0 Å². The normalized spacial score (nSPS) is 13.2. The van der Waals surface area contributed by atoms with Gasteiger partial charge in [0.2, 0.25) is 0 Å². The van der Waals surface area contributed by atoms with E-state index in [1.807, 2.05) is 0 Å². The molecule has 0 fully saturated rings. The van der Waals surface area contributed by atoms with Gasteiger partial charge in [0, 0.05) is 22.6 Å². The Morgan fingerprint density at radius 3 is 0.662 bits per heavy atom. The molecule has 4 unspecified atom stereocenters. The minimum atomic E-state index is -1.87. The third-order valence-electron chi connectivity index (χ3n) is 27.3. The van der Waals surface area contributed by atoms with Gasteiger partial charge >= 0.3 is 25.8 Å². The number of unbranched alkanes of at least 4 members (excludes halogenated alkanes) is 48. The molecule has 0 aliphatic rings. The first-order chi connectivity index (χ1) is 64.4. The van der Waals surface area contributed by atoms with Crippen molar-refractivity contribution in [3.8, 4) is 34.5 Å². The summed E-state index contributed by atoms with van der Waals surface area (Å²) in [6, 6.07) is 40.5. The lowest BCUT2D eigenvalue weighted by molar-refractivity contribution is 0.255. The highest BCUT2D eigenvalue weighted by Crippen LogP contribution is 2.54. The number of aryl methyl sites for hydroxylation is 6. The summed E-state index contributed by atoms with van der Waals surface area (Å²) in [7, 11) is -5.57. The van der Waals surface area contributed by atoms with Gasteiger partial charge in [0.15, 0.2) is 0 Å². The van der Waals surface area contributed by atoms with E-state index in [0.717, 1.165) is 135 Å². The maximum atomic E-state index is 7.47. The van der Waals surface area contributed by atoms with Crippen LogP contribution in [0.4, 0.5) is 0 Å². The zero-order chi connectivity index (χ0) is 96.0. The summed E-state index contributed by atoms with van der Waals surface area (Å²) in [5.74, 6) is 5.08. The Morgan fingerprint density at radius 2 is 0.429 bits per heavy atom. The van der Waals surface area contributed by atoms with E-state index in [2.05, 4.69) is 241 Å². The van der Waals surface area contributed by atoms with Crippen LogP contribution < -0.4 is 27.1 Å². The highest BCUT2D eigenvalue weighted by atomic mass is 31.2. The average molecular weight is 1890 g/mol. The van der Waals surface area contributed by atoms with Crippen LogP contribution in [-0.4, -0.2) is 19.8 Å². The van der Waals surface area contributed by atoms with Gasteiger partial charge in [-0.1, -0.05) is 492 Å². The van der Waals surface area contributed by atoms with Crippen molar-refractivity contribution >= 4 is 25.8 Å². The second kappa shape index (κ2) is 70.0. The van der Waals surface area contributed by atoms with Gasteiger partial charge in [-0.2, -0.15) is 0 Å². The molecule has 6 aromatic rings. The summed E-state index contributed by atoms with van der Waals surface area (Å²) in [5, 5.41) is 0. The summed E-state index contributed by atoms with van der Waals surface area (Å²) < 4.78 is 64.8. The second-order valence-electron chi connectivity index (χ2n) is 42.8. The Balaban J connectivity index is 1.47. The molecule has 0 heterocycles. The first-order valence-corrected chi connectivity index (χ1v) is 58.8. The Kier molecular flexibility index (Phi) is 61.6. The maximum Gasteiger partial charge on any atom is 0.463 e. The van der Waals surface area contributed by atoms with Crippen LogP contribution in [0.25, 0.3) is 0 Å². The Hall–Kier alpha value is -4.71. The van der Waals surface area contributed by atoms with Crippen LogP contribution >= 0.6 is 25.8 Å². The molecule has 12 heteroatoms. The Bertz CT molecular complexity index is 3780. The van der Waals surface area contributed by atoms with Crippen molar-refractivity contribution in [3.63, 3.8) is 0 Å². The van der Waals surface area contributed by atoms with E-state index in [9.17, 15) is 0 Å². The standard InChI is InChI=1S/C121H199O9P3/c1-20-26-32-38-44-47-50-53-59-65-77-89-122-131(125-113-86-74-71-83-103(113)80-68-62-56-41-35-29-23-4)128-116-93-100(8)106(96-110(116)119(11,12)13)99(7)92-109(107-97-111(120(14,15)16)117(94-101(107)9)129-132(123-90-78-66-60-54-51-48-45-39-33-27-21-2)126-114-87-75-72-84-104(114)81-69-63-57-42-36-30-24-5)108-98-112(121(17,18)19)118(95-102(108)10)130-133(124-91-79-67-61-55-52-49-46-40-34-28-22-3)127-115-88-76-73-85-105(115)82-70-64-58-43-37-31-25-6/h71-76,83-88,93-99,109H,20-70,77-82,89-92H2,1-19H3. The van der Waals surface area contributed by atoms with Gasteiger partial charge in [0.1, 0.15) is 34.5 Å². The average Bonchev–Trinajstić information content (AvgIpc) is 0.751. The summed E-state index contributed by atoms with van der Waals surface area (Å²) in [5.41, 5.74) is 13.5. The van der Waals surface area contributed by atoms with Gasteiger partial charge in [0.05, 0.1) is 19.8 Å². The maximum absolute atomic E-state index is 7.47. The number of rotatable bonds is 80. The van der Waals surface area contributed by atoms with Crippen LogP contribution in [0.5, 0.6) is 34.5 Å². The highest BCUT2D eigenvalue weighted by Gasteiger charge is 2.35. The number of hydrogen-bond acceptors (Lipinski definition) is 9. The predicted molar refractivity (Wildman–Crippen MR) is 581 cm³/mol. The molecule has 9 nitrogen and oxygen atoms in total. The topological polar surface area (TPSA) is 83.1 Å². The third-order valence-corrected chi connectivity index (χ3v) is 30.6. The van der Waals surface area contributed by atoms with Crippen molar-refractivity contribution in [1.29, 1.82) is 0 Å². The summed E-state index contributed by atoms with van der Waals surface area (Å²) in [6.45, 7) is 46.1. The molecule has 0 aliphatic carbocycles. The quantitative estimate of drug-likeness (QED) is 0.0274. The van der Waals surface area contributed by atoms with Crippen molar-refractivity contribution in [1.82, 2.24) is 0 Å². The van der Waals surface area contributed by atoms with Crippen molar-refractivity contribution in [2.75, 3.05) is 19.8 Å². The van der Waals surface area contributed by atoms with Crippen LogP contribution in [0.15, 0.2) is 109 Å². The molecule has 0 spiro atoms. The molecule has 6 aromatic carbocycles. The minimum absolute atomic E-state index is 0.0770. The van der Waals surface area contributed by atoms with E-state index >= 15 is 0 Å². The summed E-state index contributed by atoms with van der Waals surface area (Å²) in [4.78, 5) is 0. The van der Waals surface area contributed by atoms with Gasteiger partial charge in [-0.05, 0) is 194 Å². The molecular weight excluding hydrogens is 1690 g/mol. The molecule has 0 N–H and O–H groups in total. The lowest BCUT2D eigenvalue weighted by Gasteiger charge is -2.33. The first-order valence-electron chi connectivity index (χ1n) is 55.5. The van der Waals surface area contributed by atoms with E-state index in [0.29, 0.717) is 19.8 Å². The molecule has 0 saturated carbocycles. The zero-order valence-electron chi connectivity index (χ0n) is 89.2. The summed E-state index contributed by atoms with van der Waals surface area (Å²) in [6.07, 6.45) is 72.2. The molecule has 0 aromatic heterocycles. The first kappa shape index (κ1) is 117. The SMILES string of the molecule is CCCCCCCCCCCCCOP(Oc1ccccc1CCCCCCCCC)Oc1cc(C)c(C(C)CC(c2cc(C(C)(C)C)c(OP(OCCCCCCCCCCCCC)Oc3ccccc3CCCCCCCCC)cc2C)c2cc(C(C)(C)C)c(OP(OCCCCCCCCCCCCC)Oc3ccccc3CCCCCCCCC)cc2C)cc1C(C)(C)C. The van der Waals surface area contributed by atoms with E-state index < -0.39 is 25.8 Å². The molecule has 0 saturated heterocycles. The van der Waals surface area contributed by atoms with Crippen molar-refractivity contribution in [2.24, 2.45) is 0 Å². The van der Waals surface area contributed by atoms with Gasteiger partial charge in [0.25, 0.3) is 0 Å². The molecule has 4 atom stereocenters. The van der Waals surface area contributed by atoms with E-state index in [-0.39, 0.29) is 28.1 Å². The molecule has 6 rings (SSSR count). The van der Waals surface area contributed by atoms with Crippen molar-refractivity contribution in [3.05, 3.63) is 176 Å². The zero-order valence-corrected chi connectivity index (χ0v) is 91.9. The van der Waals surface area contributed by atoms with Crippen molar-refractivity contribution in [2.45, 2.75) is 532 Å². The molecule has 0 amide bonds. The molecular formula is C121H199O9P3. The fraction of sp³-hybridized carbons (Fsp3) is 0.702. The smallest absolute Gasteiger partial charge is 0.417 e. The number of para-hydroxylation sites is 3. The van der Waals surface area contributed by atoms with E-state index in [1.54, 1.807) is 0 Å². The number of hydrogen-bond donors (Lipinski definition) is 0. The fourth-order valence-electron chi connectivity index (χ4n) is 18.9. The lowest BCUT2D eigenvalue weighted by Crippen LogP contribution is -2.19.